The van der Waals surface area contributed by atoms with Crippen molar-refractivity contribution in [2.45, 2.75) is 36.4 Å². The van der Waals surface area contributed by atoms with Crippen molar-refractivity contribution < 1.29 is 36.2 Å². The van der Waals surface area contributed by atoms with Gasteiger partial charge in [0, 0.05) is 13.6 Å². The molecule has 1 aromatic carbocycles. The van der Waals surface area contributed by atoms with Gasteiger partial charge in [-0.05, 0) is 29.7 Å². The SMILES string of the molecule is CC(CC(=O)O)c1cc(C(F)(F)F)cc(S(=O)(=O)N(C)C[C@H]2CO2)c1. The van der Waals surface area contributed by atoms with Crippen LogP contribution in [0.1, 0.15) is 30.4 Å². The number of rotatable bonds is 7. The quantitative estimate of drug-likeness (QED) is 0.733. The second-order valence-corrected chi connectivity index (χ2v) is 8.07. The lowest BCUT2D eigenvalue weighted by molar-refractivity contribution is -0.138. The van der Waals surface area contributed by atoms with E-state index in [0.717, 1.165) is 16.4 Å². The topological polar surface area (TPSA) is 87.2 Å². The van der Waals surface area contributed by atoms with Gasteiger partial charge in [0.1, 0.15) is 0 Å². The molecule has 1 N–H and O–H groups in total. The first-order valence-electron chi connectivity index (χ1n) is 7.43. The van der Waals surface area contributed by atoms with Crippen LogP contribution >= 0.6 is 0 Å². The fraction of sp³-hybridized carbons (Fsp3) is 0.533. The molecule has 1 aliphatic heterocycles. The number of halogens is 3. The van der Waals surface area contributed by atoms with E-state index in [1.165, 1.54) is 14.0 Å². The van der Waals surface area contributed by atoms with Gasteiger partial charge in [0.05, 0.1) is 29.6 Å². The van der Waals surface area contributed by atoms with E-state index in [1.807, 2.05) is 0 Å². The molecule has 0 amide bonds. The lowest BCUT2D eigenvalue weighted by atomic mass is 9.96. The number of likely N-dealkylation sites (N-methyl/N-ethyl adjacent to an activating group) is 1. The second kappa shape index (κ2) is 6.93. The van der Waals surface area contributed by atoms with E-state index in [2.05, 4.69) is 0 Å². The van der Waals surface area contributed by atoms with Gasteiger partial charge in [-0.15, -0.1) is 0 Å². The number of alkyl halides is 3. The molecule has 1 fully saturated rings. The predicted octanol–water partition coefficient (Wildman–Crippen LogP) is 2.30. The largest absolute Gasteiger partial charge is 0.481 e. The maximum atomic E-state index is 13.1. The summed E-state index contributed by atoms with van der Waals surface area (Å²) in [6, 6.07) is 2.45. The Bertz CT molecular complexity index is 759. The van der Waals surface area contributed by atoms with Crippen LogP contribution in [-0.4, -0.2) is 50.1 Å². The molecule has 1 saturated heterocycles. The van der Waals surface area contributed by atoms with Crippen LogP contribution in [0.3, 0.4) is 0 Å². The molecule has 0 spiro atoms. The van der Waals surface area contributed by atoms with Crippen molar-refractivity contribution in [3.05, 3.63) is 29.3 Å². The fourth-order valence-corrected chi connectivity index (χ4v) is 3.62. The van der Waals surface area contributed by atoms with Crippen LogP contribution in [0.2, 0.25) is 0 Å². The summed E-state index contributed by atoms with van der Waals surface area (Å²) in [5.74, 6) is -1.96. The van der Waals surface area contributed by atoms with Crippen molar-refractivity contribution in [2.75, 3.05) is 20.2 Å². The van der Waals surface area contributed by atoms with Crippen LogP contribution in [0, 0.1) is 0 Å². The minimum absolute atomic E-state index is 0.00636. The second-order valence-electron chi connectivity index (χ2n) is 6.03. The predicted molar refractivity (Wildman–Crippen MR) is 81.7 cm³/mol. The Morgan fingerprint density at radius 2 is 2.00 bits per heavy atom. The summed E-state index contributed by atoms with van der Waals surface area (Å²) in [7, 11) is -2.89. The lowest BCUT2D eigenvalue weighted by Gasteiger charge is -2.20. The molecule has 0 aromatic heterocycles. The molecule has 0 radical (unpaired) electrons. The number of hydrogen-bond acceptors (Lipinski definition) is 4. The Morgan fingerprint density at radius 3 is 2.48 bits per heavy atom. The van der Waals surface area contributed by atoms with E-state index in [0.29, 0.717) is 12.7 Å². The normalized spacial score (nSPS) is 19.0. The standard InChI is InChI=1S/C15H18F3NO5S/c1-9(3-14(20)21)10-4-11(15(16,17)18)6-13(5-10)25(22,23)19(2)7-12-8-24-12/h4-6,9,12H,3,7-8H2,1-2H3,(H,20,21)/t9?,12-/m0/s1. The van der Waals surface area contributed by atoms with Crippen molar-refractivity contribution in [3.8, 4) is 0 Å². The van der Waals surface area contributed by atoms with Gasteiger partial charge in [0.15, 0.2) is 0 Å². The highest BCUT2D eigenvalue weighted by Gasteiger charge is 2.35. The summed E-state index contributed by atoms with van der Waals surface area (Å²) in [5, 5.41) is 8.84. The maximum absolute atomic E-state index is 13.1. The number of aliphatic carboxylic acids is 1. The molecule has 0 aliphatic carbocycles. The zero-order valence-corrected chi connectivity index (χ0v) is 14.4. The molecule has 0 bridgehead atoms. The van der Waals surface area contributed by atoms with Gasteiger partial charge < -0.3 is 9.84 Å². The van der Waals surface area contributed by atoms with Gasteiger partial charge >= 0.3 is 12.1 Å². The van der Waals surface area contributed by atoms with E-state index in [9.17, 15) is 26.4 Å². The summed E-state index contributed by atoms with van der Waals surface area (Å²) < 4.78 is 70.4. The zero-order chi connectivity index (χ0) is 19.0. The Labute approximate surface area is 143 Å². The van der Waals surface area contributed by atoms with Crippen molar-refractivity contribution in [3.63, 3.8) is 0 Å². The smallest absolute Gasteiger partial charge is 0.416 e. The molecule has 1 aliphatic rings. The van der Waals surface area contributed by atoms with Gasteiger partial charge in [-0.3, -0.25) is 4.79 Å². The van der Waals surface area contributed by atoms with Gasteiger partial charge in [0.2, 0.25) is 10.0 Å². The van der Waals surface area contributed by atoms with Crippen molar-refractivity contribution in [1.82, 2.24) is 4.31 Å². The van der Waals surface area contributed by atoms with Crippen LogP contribution in [0.5, 0.6) is 0 Å². The van der Waals surface area contributed by atoms with Crippen molar-refractivity contribution in [1.29, 1.82) is 0 Å². The molecule has 2 rings (SSSR count). The molecule has 1 aromatic rings. The number of sulfonamides is 1. The third-order valence-corrected chi connectivity index (χ3v) is 5.68. The maximum Gasteiger partial charge on any atom is 0.416 e. The molecular formula is C15H18F3NO5S. The Balaban J connectivity index is 2.46. The first kappa shape index (κ1) is 19.7. The number of benzene rings is 1. The first-order chi connectivity index (χ1) is 11.4. The summed E-state index contributed by atoms with van der Waals surface area (Å²) in [6.45, 7) is 1.88. The number of ether oxygens (including phenoxy) is 1. The summed E-state index contributed by atoms with van der Waals surface area (Å²) in [5.41, 5.74) is -1.12. The minimum Gasteiger partial charge on any atom is -0.481 e. The highest BCUT2D eigenvalue weighted by atomic mass is 32.2. The molecule has 6 nitrogen and oxygen atoms in total. The van der Waals surface area contributed by atoms with Gasteiger partial charge in [0.25, 0.3) is 0 Å². The average Bonchev–Trinajstić information content (AvgIpc) is 3.29. The number of nitrogens with zero attached hydrogens (tertiary/aromatic N) is 1. The van der Waals surface area contributed by atoms with E-state index in [4.69, 9.17) is 9.84 Å². The number of hydrogen-bond donors (Lipinski definition) is 1. The number of carbonyl (C=O) groups is 1. The molecule has 25 heavy (non-hydrogen) atoms. The molecule has 2 atom stereocenters. The summed E-state index contributed by atoms with van der Waals surface area (Å²) in [6.07, 6.45) is -5.41. The molecule has 10 heteroatoms. The van der Waals surface area contributed by atoms with E-state index >= 15 is 0 Å². The summed E-state index contributed by atoms with van der Waals surface area (Å²) >= 11 is 0. The molecule has 140 valence electrons. The van der Waals surface area contributed by atoms with E-state index in [-0.39, 0.29) is 18.2 Å². The molecule has 0 saturated carbocycles. The highest BCUT2D eigenvalue weighted by molar-refractivity contribution is 7.89. The summed E-state index contributed by atoms with van der Waals surface area (Å²) in [4.78, 5) is 10.3. The van der Waals surface area contributed by atoms with Gasteiger partial charge in [-0.2, -0.15) is 17.5 Å². The average molecular weight is 381 g/mol. The lowest BCUT2D eigenvalue weighted by Crippen LogP contribution is -2.31. The van der Waals surface area contributed by atoms with Gasteiger partial charge in [-0.1, -0.05) is 6.92 Å². The third kappa shape index (κ3) is 4.93. The first-order valence-corrected chi connectivity index (χ1v) is 8.87. The van der Waals surface area contributed by atoms with E-state index < -0.39 is 45.0 Å². The number of carboxylic acids is 1. The Kier molecular flexibility index (Phi) is 5.45. The van der Waals surface area contributed by atoms with E-state index in [1.54, 1.807) is 0 Å². The van der Waals surface area contributed by atoms with Crippen LogP contribution in [-0.2, 0) is 25.7 Å². The zero-order valence-electron chi connectivity index (χ0n) is 13.6. The highest BCUT2D eigenvalue weighted by Crippen LogP contribution is 2.35. The van der Waals surface area contributed by atoms with Crippen molar-refractivity contribution in [2.24, 2.45) is 0 Å². The van der Waals surface area contributed by atoms with Gasteiger partial charge in [-0.25, -0.2) is 8.42 Å². The minimum atomic E-state index is -4.75. The van der Waals surface area contributed by atoms with Crippen LogP contribution < -0.4 is 0 Å². The third-order valence-electron chi connectivity index (χ3n) is 3.88. The Morgan fingerprint density at radius 1 is 1.40 bits per heavy atom. The van der Waals surface area contributed by atoms with Crippen molar-refractivity contribution >= 4 is 16.0 Å². The monoisotopic (exact) mass is 381 g/mol. The Hall–Kier alpha value is -1.65. The number of epoxide rings is 1. The number of carboxylic acid groups (broad SMARTS) is 1. The molecular weight excluding hydrogens is 363 g/mol. The fourth-order valence-electron chi connectivity index (χ4n) is 2.34. The van der Waals surface area contributed by atoms with Crippen LogP contribution in [0.4, 0.5) is 13.2 Å². The molecule has 1 heterocycles. The van der Waals surface area contributed by atoms with Crippen LogP contribution in [0.15, 0.2) is 23.1 Å². The van der Waals surface area contributed by atoms with Crippen LogP contribution in [0.25, 0.3) is 0 Å². The molecule has 1 unspecified atom stereocenters.